The second-order valence-corrected chi connectivity index (χ2v) is 6.19. The van der Waals surface area contributed by atoms with E-state index in [0.29, 0.717) is 17.0 Å². The second-order valence-electron chi connectivity index (χ2n) is 5.34. The number of carbonyl (C=O) groups excluding carboxylic acids is 1. The zero-order chi connectivity index (χ0) is 18.4. The van der Waals surface area contributed by atoms with E-state index in [1.54, 1.807) is 13.0 Å². The number of nitrogens with zero attached hydrogens (tertiary/aromatic N) is 1. The molecule has 0 aliphatic heterocycles. The van der Waals surface area contributed by atoms with E-state index in [1.165, 1.54) is 18.2 Å². The molecule has 0 spiro atoms. The third-order valence-corrected chi connectivity index (χ3v) is 4.10. The van der Waals surface area contributed by atoms with Crippen LogP contribution in [-0.2, 0) is 11.2 Å². The smallest absolute Gasteiger partial charge is 0.277 e. The lowest BCUT2D eigenvalue weighted by atomic mass is 10.1. The highest BCUT2D eigenvalue weighted by Crippen LogP contribution is 2.26. The van der Waals surface area contributed by atoms with Crippen molar-refractivity contribution in [2.24, 2.45) is 5.10 Å². The van der Waals surface area contributed by atoms with Gasteiger partial charge in [-0.3, -0.25) is 4.79 Å². The van der Waals surface area contributed by atoms with Crippen molar-refractivity contribution in [3.63, 3.8) is 0 Å². The van der Waals surface area contributed by atoms with Crippen molar-refractivity contribution >= 4 is 27.5 Å². The van der Waals surface area contributed by atoms with Crippen molar-refractivity contribution in [1.29, 1.82) is 0 Å². The van der Waals surface area contributed by atoms with E-state index in [0.717, 1.165) is 16.5 Å². The fraction of sp³-hybridized carbons (Fsp3) is 0.222. The molecule has 0 saturated carbocycles. The third kappa shape index (κ3) is 5.22. The van der Waals surface area contributed by atoms with Gasteiger partial charge in [-0.05, 0) is 65.2 Å². The molecule has 0 saturated heterocycles. The van der Waals surface area contributed by atoms with E-state index >= 15 is 0 Å². The summed E-state index contributed by atoms with van der Waals surface area (Å²) in [6.45, 7) is 3.46. The lowest BCUT2D eigenvalue weighted by Gasteiger charge is -2.09. The van der Waals surface area contributed by atoms with Gasteiger partial charge < -0.3 is 14.9 Å². The Morgan fingerprint density at radius 3 is 2.68 bits per heavy atom. The van der Waals surface area contributed by atoms with Crippen LogP contribution in [0.1, 0.15) is 25.0 Å². The molecule has 2 aromatic carbocycles. The van der Waals surface area contributed by atoms with E-state index in [2.05, 4.69) is 33.4 Å². The number of carbonyl (C=O) groups is 1. The summed E-state index contributed by atoms with van der Waals surface area (Å²) < 4.78 is 6.24. The minimum atomic E-state index is -0.439. The molecule has 7 heteroatoms. The van der Waals surface area contributed by atoms with Crippen LogP contribution in [0.25, 0.3) is 0 Å². The first-order valence-corrected chi connectivity index (χ1v) is 8.46. The highest BCUT2D eigenvalue weighted by atomic mass is 79.9. The summed E-state index contributed by atoms with van der Waals surface area (Å²) >= 11 is 3.41. The number of nitrogens with one attached hydrogen (secondary N) is 1. The van der Waals surface area contributed by atoms with Gasteiger partial charge in [0.25, 0.3) is 5.91 Å². The summed E-state index contributed by atoms with van der Waals surface area (Å²) in [6.07, 6.45) is 0.912. The molecule has 0 aliphatic rings. The molecule has 0 bridgehead atoms. The number of aromatic hydroxyl groups is 2. The number of benzene rings is 2. The van der Waals surface area contributed by atoms with Gasteiger partial charge in [0.2, 0.25) is 0 Å². The molecule has 25 heavy (non-hydrogen) atoms. The van der Waals surface area contributed by atoms with Gasteiger partial charge in [0.15, 0.2) is 6.61 Å². The molecular weight excluding hydrogens is 388 g/mol. The molecule has 132 valence electrons. The van der Waals surface area contributed by atoms with Crippen molar-refractivity contribution in [3.05, 3.63) is 52.0 Å². The molecular formula is C18H19BrN2O4. The van der Waals surface area contributed by atoms with E-state index in [4.69, 9.17) is 4.74 Å². The predicted octanol–water partition coefficient (Wildman–Crippen LogP) is 3.34. The highest BCUT2D eigenvalue weighted by Gasteiger charge is 2.08. The number of amides is 1. The maximum Gasteiger partial charge on any atom is 0.277 e. The Bertz CT molecular complexity index is 806. The number of rotatable bonds is 6. The lowest BCUT2D eigenvalue weighted by molar-refractivity contribution is -0.123. The van der Waals surface area contributed by atoms with E-state index < -0.39 is 5.91 Å². The number of aryl methyl sites for hydroxylation is 1. The Hall–Kier alpha value is -2.54. The first kappa shape index (κ1) is 18.8. The maximum atomic E-state index is 11.9. The standard InChI is InChI=1S/C18H19BrN2O4/c1-3-12-4-7-17(15(19)8-12)25-10-18(24)21-20-11(2)14-9-13(22)5-6-16(14)23/h4-9,22-23H,3,10H2,1-2H3,(H,21,24). The topological polar surface area (TPSA) is 91.2 Å². The summed E-state index contributed by atoms with van der Waals surface area (Å²) in [5, 5.41) is 23.1. The molecule has 0 unspecified atom stereocenters. The van der Waals surface area contributed by atoms with E-state index in [1.807, 2.05) is 12.1 Å². The average molecular weight is 407 g/mol. The fourth-order valence-electron chi connectivity index (χ4n) is 2.08. The second kappa shape index (κ2) is 8.53. The monoisotopic (exact) mass is 406 g/mol. The zero-order valence-corrected chi connectivity index (χ0v) is 15.5. The van der Waals surface area contributed by atoms with Crippen LogP contribution >= 0.6 is 15.9 Å². The lowest BCUT2D eigenvalue weighted by Crippen LogP contribution is -2.25. The van der Waals surface area contributed by atoms with Crippen molar-refractivity contribution < 1.29 is 19.7 Å². The first-order chi connectivity index (χ1) is 11.9. The van der Waals surface area contributed by atoms with Crippen molar-refractivity contribution in [1.82, 2.24) is 5.43 Å². The van der Waals surface area contributed by atoms with Crippen LogP contribution in [0.2, 0.25) is 0 Å². The van der Waals surface area contributed by atoms with Gasteiger partial charge in [0.05, 0.1) is 10.2 Å². The molecule has 1 amide bonds. The molecule has 3 N–H and O–H groups in total. The van der Waals surface area contributed by atoms with Crippen LogP contribution in [-0.4, -0.2) is 28.4 Å². The zero-order valence-electron chi connectivity index (χ0n) is 13.9. The van der Waals surface area contributed by atoms with Crippen LogP contribution in [0.5, 0.6) is 17.2 Å². The molecule has 0 heterocycles. The molecule has 6 nitrogen and oxygen atoms in total. The summed E-state index contributed by atoms with van der Waals surface area (Å²) in [4.78, 5) is 11.9. The molecule has 0 atom stereocenters. The summed E-state index contributed by atoms with van der Waals surface area (Å²) in [6, 6.07) is 9.76. The number of ether oxygens (including phenoxy) is 1. The van der Waals surface area contributed by atoms with Crippen molar-refractivity contribution in [2.75, 3.05) is 6.61 Å². The SMILES string of the molecule is CCc1ccc(OCC(=O)NN=C(C)c2cc(O)ccc2O)c(Br)c1. The van der Waals surface area contributed by atoms with E-state index in [9.17, 15) is 15.0 Å². The quantitative estimate of drug-likeness (QED) is 0.389. The Balaban J connectivity index is 1.95. The first-order valence-electron chi connectivity index (χ1n) is 7.67. The van der Waals surface area contributed by atoms with Crippen LogP contribution in [0.3, 0.4) is 0 Å². The normalized spacial score (nSPS) is 11.2. The number of hydrogen-bond acceptors (Lipinski definition) is 5. The average Bonchev–Trinajstić information content (AvgIpc) is 2.60. The van der Waals surface area contributed by atoms with Gasteiger partial charge in [0.1, 0.15) is 17.2 Å². The summed E-state index contributed by atoms with van der Waals surface area (Å²) in [7, 11) is 0. The highest BCUT2D eigenvalue weighted by molar-refractivity contribution is 9.10. The Morgan fingerprint density at radius 2 is 2.00 bits per heavy atom. The largest absolute Gasteiger partial charge is 0.508 e. The molecule has 0 radical (unpaired) electrons. The number of hydrogen-bond donors (Lipinski definition) is 3. The van der Waals surface area contributed by atoms with Crippen LogP contribution in [0.4, 0.5) is 0 Å². The Labute approximate surface area is 154 Å². The van der Waals surface area contributed by atoms with Gasteiger partial charge >= 0.3 is 0 Å². The van der Waals surface area contributed by atoms with Crippen LogP contribution in [0, 0.1) is 0 Å². The summed E-state index contributed by atoms with van der Waals surface area (Å²) in [5.41, 5.74) is 4.21. The summed E-state index contributed by atoms with van der Waals surface area (Å²) in [5.74, 6) is 0.0889. The molecule has 2 rings (SSSR count). The maximum absolute atomic E-state index is 11.9. The number of halogens is 1. The van der Waals surface area contributed by atoms with Gasteiger partial charge in [-0.15, -0.1) is 0 Å². The molecule has 0 aromatic heterocycles. The molecule has 2 aromatic rings. The minimum Gasteiger partial charge on any atom is -0.508 e. The van der Waals surface area contributed by atoms with Gasteiger partial charge in [-0.25, -0.2) is 5.43 Å². The van der Waals surface area contributed by atoms with Crippen molar-refractivity contribution in [3.8, 4) is 17.2 Å². The Morgan fingerprint density at radius 1 is 1.24 bits per heavy atom. The predicted molar refractivity (Wildman–Crippen MR) is 99.1 cm³/mol. The van der Waals surface area contributed by atoms with Crippen LogP contribution in [0.15, 0.2) is 46.0 Å². The van der Waals surface area contributed by atoms with Crippen molar-refractivity contribution in [2.45, 2.75) is 20.3 Å². The number of phenolic OH excluding ortho intramolecular Hbond substituents is 2. The fourth-order valence-corrected chi connectivity index (χ4v) is 2.62. The Kier molecular flexibility index (Phi) is 6.41. The van der Waals surface area contributed by atoms with Gasteiger partial charge in [0, 0.05) is 5.56 Å². The molecule has 0 aliphatic carbocycles. The number of phenols is 2. The van der Waals surface area contributed by atoms with Gasteiger partial charge in [-0.1, -0.05) is 13.0 Å². The van der Waals surface area contributed by atoms with E-state index in [-0.39, 0.29) is 18.1 Å². The van der Waals surface area contributed by atoms with Gasteiger partial charge in [-0.2, -0.15) is 5.10 Å². The minimum absolute atomic E-state index is 0.00242. The third-order valence-electron chi connectivity index (χ3n) is 3.48. The van der Waals surface area contributed by atoms with Crippen LogP contribution < -0.4 is 10.2 Å². The number of hydrazone groups is 1. The molecule has 0 fully saturated rings.